The van der Waals surface area contributed by atoms with Crippen molar-refractivity contribution in [2.45, 2.75) is 0 Å². The number of aromatic nitrogens is 1. The van der Waals surface area contributed by atoms with Gasteiger partial charge in [-0.1, -0.05) is 6.58 Å². The lowest BCUT2D eigenvalue weighted by Gasteiger charge is -2.01. The Morgan fingerprint density at radius 2 is 2.33 bits per heavy atom. The third-order valence-corrected chi connectivity index (χ3v) is 1.24. The molecule has 0 aliphatic heterocycles. The molecule has 0 unspecified atom stereocenters. The van der Waals surface area contributed by atoms with Gasteiger partial charge in [-0.3, -0.25) is 5.43 Å². The molecule has 1 rings (SSSR count). The molecule has 0 aliphatic carbocycles. The number of rotatable bonds is 3. The van der Waals surface area contributed by atoms with E-state index in [0.29, 0.717) is 5.70 Å². The van der Waals surface area contributed by atoms with Gasteiger partial charge >= 0.3 is 0 Å². The molecule has 0 saturated heterocycles. The number of nitrogens with one attached hydrogen (secondary N) is 2. The highest BCUT2D eigenvalue weighted by atomic mass is 15.3. The summed E-state index contributed by atoms with van der Waals surface area (Å²) < 4.78 is 0. The maximum Gasteiger partial charge on any atom is 0.208 e. The molecular formula is C7H11N5. The zero-order valence-electron chi connectivity index (χ0n) is 6.54. The molecule has 5 nitrogen and oxygen atoms in total. The van der Waals surface area contributed by atoms with Crippen LogP contribution in [0.1, 0.15) is 5.69 Å². The van der Waals surface area contributed by atoms with Crippen LogP contribution in [-0.2, 0) is 0 Å². The first-order chi connectivity index (χ1) is 5.70. The number of nitrogens with two attached hydrogens (primary N) is 2. The van der Waals surface area contributed by atoms with Crippen LogP contribution in [0.15, 0.2) is 30.0 Å². The third kappa shape index (κ3) is 2.05. The van der Waals surface area contributed by atoms with Crippen molar-refractivity contribution in [2.75, 3.05) is 0 Å². The molecule has 0 bridgehead atoms. The van der Waals surface area contributed by atoms with Crippen LogP contribution in [0.4, 0.5) is 0 Å². The van der Waals surface area contributed by atoms with Gasteiger partial charge in [-0.2, -0.15) is 0 Å². The molecule has 0 atom stereocenters. The quantitative estimate of drug-likeness (QED) is 0.283. The van der Waals surface area contributed by atoms with Gasteiger partial charge in [0, 0.05) is 6.20 Å². The molecule has 5 heteroatoms. The second kappa shape index (κ2) is 3.47. The molecule has 12 heavy (non-hydrogen) atoms. The minimum absolute atomic E-state index is 0.0253. The minimum atomic E-state index is -0.0253. The lowest BCUT2D eigenvalue weighted by atomic mass is 10.4. The van der Waals surface area contributed by atoms with Crippen molar-refractivity contribution in [1.82, 2.24) is 10.4 Å². The van der Waals surface area contributed by atoms with E-state index in [-0.39, 0.29) is 5.96 Å². The Labute approximate surface area is 70.1 Å². The number of hydrogen-bond donors (Lipinski definition) is 4. The third-order valence-electron chi connectivity index (χ3n) is 1.24. The monoisotopic (exact) mass is 165 g/mol. The van der Waals surface area contributed by atoms with Crippen LogP contribution in [0, 0.1) is 0 Å². The van der Waals surface area contributed by atoms with E-state index in [1.165, 1.54) is 0 Å². The van der Waals surface area contributed by atoms with Crippen LogP contribution in [0.5, 0.6) is 0 Å². The Kier molecular flexibility index (Phi) is 2.37. The summed E-state index contributed by atoms with van der Waals surface area (Å²) in [4.78, 5) is 2.95. The number of guanidine groups is 1. The summed E-state index contributed by atoms with van der Waals surface area (Å²) in [5, 5.41) is 3.58. The molecule has 6 N–H and O–H groups in total. The topological polar surface area (TPSA) is 92.2 Å². The van der Waals surface area contributed by atoms with Crippen molar-refractivity contribution in [2.24, 2.45) is 16.6 Å². The molecule has 64 valence electrons. The normalized spacial score (nSPS) is 9.00. The lowest BCUT2D eigenvalue weighted by Crippen LogP contribution is -2.25. The molecule has 1 heterocycles. The fraction of sp³-hybridized carbons (Fsp3) is 0. The van der Waals surface area contributed by atoms with Crippen molar-refractivity contribution in [3.8, 4) is 0 Å². The van der Waals surface area contributed by atoms with Gasteiger partial charge in [0.05, 0.1) is 11.4 Å². The van der Waals surface area contributed by atoms with E-state index in [1.54, 1.807) is 6.20 Å². The number of hydrogen-bond acceptors (Lipinski definition) is 2. The summed E-state index contributed by atoms with van der Waals surface area (Å²) in [6.45, 7) is 3.71. The van der Waals surface area contributed by atoms with Crippen LogP contribution in [-0.4, -0.2) is 10.9 Å². The molecule has 0 saturated carbocycles. The molecule has 0 aromatic carbocycles. The van der Waals surface area contributed by atoms with Gasteiger partial charge in [-0.15, -0.1) is 5.10 Å². The summed E-state index contributed by atoms with van der Waals surface area (Å²) in [5.74, 6) is -0.0253. The second-order valence-electron chi connectivity index (χ2n) is 2.21. The first kappa shape index (κ1) is 8.19. The zero-order chi connectivity index (χ0) is 8.97. The Balaban J connectivity index is 2.57. The smallest absolute Gasteiger partial charge is 0.208 e. The molecule has 0 aliphatic rings. The van der Waals surface area contributed by atoms with E-state index in [4.69, 9.17) is 11.5 Å². The fourth-order valence-electron chi connectivity index (χ4n) is 0.710. The standard InChI is InChI=1S/C7H11N5/c1-5(11-12-7(8)9)6-3-2-4-10-6/h2-4,10-11H,1H2,(H4,8,9,12). The van der Waals surface area contributed by atoms with Crippen molar-refractivity contribution < 1.29 is 0 Å². The molecule has 1 aromatic rings. The van der Waals surface area contributed by atoms with Crippen LogP contribution < -0.4 is 16.9 Å². The van der Waals surface area contributed by atoms with Gasteiger partial charge in [0.15, 0.2) is 0 Å². The summed E-state index contributed by atoms with van der Waals surface area (Å²) in [5.41, 5.74) is 14.3. The average molecular weight is 165 g/mol. The fourth-order valence-corrected chi connectivity index (χ4v) is 0.710. The summed E-state index contributed by atoms with van der Waals surface area (Å²) in [6, 6.07) is 3.72. The highest BCUT2D eigenvalue weighted by Crippen LogP contribution is 2.04. The Morgan fingerprint density at radius 1 is 1.58 bits per heavy atom. The Morgan fingerprint density at radius 3 is 2.83 bits per heavy atom. The molecule has 0 spiro atoms. The first-order valence-electron chi connectivity index (χ1n) is 3.37. The van der Waals surface area contributed by atoms with Crippen LogP contribution in [0.3, 0.4) is 0 Å². The maximum atomic E-state index is 5.11. The van der Waals surface area contributed by atoms with E-state index in [1.807, 2.05) is 12.1 Å². The Bertz CT molecular complexity index is 281. The Hall–Kier alpha value is -1.91. The van der Waals surface area contributed by atoms with E-state index >= 15 is 0 Å². The van der Waals surface area contributed by atoms with Crippen LogP contribution in [0.25, 0.3) is 5.70 Å². The SMILES string of the molecule is C=C(NN=C(N)N)c1ccc[nH]1. The zero-order valence-corrected chi connectivity index (χ0v) is 6.54. The molecule has 0 amide bonds. The van der Waals surface area contributed by atoms with Gasteiger partial charge in [-0.25, -0.2) is 0 Å². The van der Waals surface area contributed by atoms with Crippen molar-refractivity contribution in [3.63, 3.8) is 0 Å². The van der Waals surface area contributed by atoms with Crippen molar-refractivity contribution in [3.05, 3.63) is 30.6 Å². The predicted octanol–water partition coefficient (Wildman–Crippen LogP) is -0.237. The second-order valence-corrected chi connectivity index (χ2v) is 2.21. The molecule has 0 fully saturated rings. The molecule has 1 aromatic heterocycles. The van der Waals surface area contributed by atoms with Crippen LogP contribution >= 0.6 is 0 Å². The number of aromatic amines is 1. The molecule has 0 radical (unpaired) electrons. The predicted molar refractivity (Wildman–Crippen MR) is 48.8 cm³/mol. The van der Waals surface area contributed by atoms with Crippen molar-refractivity contribution in [1.29, 1.82) is 0 Å². The van der Waals surface area contributed by atoms with E-state index in [0.717, 1.165) is 5.69 Å². The highest BCUT2D eigenvalue weighted by molar-refractivity contribution is 5.76. The average Bonchev–Trinajstić information content (AvgIpc) is 2.51. The summed E-state index contributed by atoms with van der Waals surface area (Å²) >= 11 is 0. The highest BCUT2D eigenvalue weighted by Gasteiger charge is 1.95. The van der Waals surface area contributed by atoms with Gasteiger partial charge in [0.1, 0.15) is 0 Å². The number of hydrazone groups is 1. The minimum Gasteiger partial charge on any atom is -0.369 e. The van der Waals surface area contributed by atoms with Gasteiger partial charge in [0.2, 0.25) is 5.96 Å². The summed E-state index contributed by atoms with van der Waals surface area (Å²) in [7, 11) is 0. The molecular weight excluding hydrogens is 154 g/mol. The largest absolute Gasteiger partial charge is 0.369 e. The van der Waals surface area contributed by atoms with E-state index < -0.39 is 0 Å². The van der Waals surface area contributed by atoms with Gasteiger partial charge in [0.25, 0.3) is 0 Å². The maximum absolute atomic E-state index is 5.11. The first-order valence-corrected chi connectivity index (χ1v) is 3.37. The number of H-pyrrole nitrogens is 1. The van der Waals surface area contributed by atoms with Gasteiger partial charge in [-0.05, 0) is 12.1 Å². The van der Waals surface area contributed by atoms with Gasteiger partial charge < -0.3 is 16.5 Å². The van der Waals surface area contributed by atoms with E-state index in [2.05, 4.69) is 22.1 Å². The van der Waals surface area contributed by atoms with Crippen molar-refractivity contribution >= 4 is 11.7 Å². The lowest BCUT2D eigenvalue weighted by molar-refractivity contribution is 0.974. The summed E-state index contributed by atoms with van der Waals surface area (Å²) in [6.07, 6.45) is 1.79. The van der Waals surface area contributed by atoms with Crippen LogP contribution in [0.2, 0.25) is 0 Å². The van der Waals surface area contributed by atoms with E-state index in [9.17, 15) is 0 Å². The number of nitrogens with zero attached hydrogens (tertiary/aromatic N) is 1.